The van der Waals surface area contributed by atoms with Gasteiger partial charge in [0.05, 0.1) is 21.9 Å². The van der Waals surface area contributed by atoms with Crippen LogP contribution in [0.15, 0.2) is 39.3 Å². The molecule has 1 aromatic heterocycles. The van der Waals surface area contributed by atoms with Gasteiger partial charge in [0.1, 0.15) is 19.3 Å². The smallest absolute Gasteiger partial charge is 0.262 e. The van der Waals surface area contributed by atoms with E-state index in [4.69, 9.17) is 14.3 Å². The molecule has 2 N–H and O–H groups in total. The minimum absolute atomic E-state index is 0.124. The standard InChI is InChI=1S/C22H25BrN4O5S/c1-14-11-15(3-4-16(14)27-8-10-31-12-19(27)26-30-2)24-21(29)22(7-9-32-13-22)25-20(28)17-5-6-18(23)33-17/h3-6,11H,7-10,12-13H2,1-2H3,(H,24,29)(H,25,28)/b26-19-. The molecule has 2 aliphatic heterocycles. The summed E-state index contributed by atoms with van der Waals surface area (Å²) in [6, 6.07) is 9.19. The van der Waals surface area contributed by atoms with Gasteiger partial charge in [0.2, 0.25) is 0 Å². The molecule has 2 fully saturated rings. The molecule has 4 rings (SSSR count). The number of amides is 2. The predicted octanol–water partition coefficient (Wildman–Crippen LogP) is 3.14. The van der Waals surface area contributed by atoms with E-state index in [0.29, 0.717) is 49.2 Å². The minimum Gasteiger partial charge on any atom is -0.398 e. The first-order valence-corrected chi connectivity index (χ1v) is 12.1. The van der Waals surface area contributed by atoms with Crippen LogP contribution in [0.2, 0.25) is 0 Å². The third-order valence-corrected chi connectivity index (χ3v) is 7.17. The number of carbonyl (C=O) groups excluding carboxylic acids is 2. The van der Waals surface area contributed by atoms with Crippen LogP contribution in [-0.2, 0) is 19.1 Å². The zero-order valence-corrected chi connectivity index (χ0v) is 20.8. The van der Waals surface area contributed by atoms with Crippen LogP contribution >= 0.6 is 27.3 Å². The van der Waals surface area contributed by atoms with E-state index in [0.717, 1.165) is 15.0 Å². The Morgan fingerprint density at radius 2 is 2.09 bits per heavy atom. The number of aryl methyl sites for hydroxylation is 1. The summed E-state index contributed by atoms with van der Waals surface area (Å²) < 4.78 is 11.8. The Morgan fingerprint density at radius 1 is 1.24 bits per heavy atom. The molecule has 1 atom stereocenters. The molecule has 3 heterocycles. The number of halogens is 1. The van der Waals surface area contributed by atoms with Crippen LogP contribution < -0.4 is 15.5 Å². The number of thiophene rings is 1. The zero-order valence-electron chi connectivity index (χ0n) is 18.4. The van der Waals surface area contributed by atoms with Gasteiger partial charge >= 0.3 is 0 Å². The predicted molar refractivity (Wildman–Crippen MR) is 130 cm³/mol. The third kappa shape index (κ3) is 5.21. The number of anilines is 2. The maximum absolute atomic E-state index is 13.3. The van der Waals surface area contributed by atoms with Crippen LogP contribution in [0, 0.1) is 6.92 Å². The Morgan fingerprint density at radius 3 is 2.76 bits per heavy atom. The molecule has 0 spiro atoms. The SMILES string of the molecule is CO/N=C1/COCCN1c1ccc(NC(=O)C2(NC(=O)c3ccc(Br)s3)CCOC2)cc1C. The summed E-state index contributed by atoms with van der Waals surface area (Å²) in [7, 11) is 1.50. The molecule has 0 aliphatic carbocycles. The van der Waals surface area contributed by atoms with Crippen LogP contribution in [0.25, 0.3) is 0 Å². The number of amidine groups is 1. The van der Waals surface area contributed by atoms with Crippen molar-refractivity contribution in [1.82, 2.24) is 5.32 Å². The highest BCUT2D eigenvalue weighted by atomic mass is 79.9. The van der Waals surface area contributed by atoms with E-state index in [2.05, 4.69) is 31.7 Å². The van der Waals surface area contributed by atoms with Crippen LogP contribution in [-0.4, -0.2) is 63.3 Å². The molecular formula is C22H25BrN4O5S. The number of oxime groups is 1. The Bertz CT molecular complexity index is 1070. The van der Waals surface area contributed by atoms with Crippen molar-refractivity contribution in [2.45, 2.75) is 18.9 Å². The van der Waals surface area contributed by atoms with Crippen molar-refractivity contribution in [2.24, 2.45) is 5.16 Å². The van der Waals surface area contributed by atoms with Gasteiger partial charge in [-0.2, -0.15) is 0 Å². The number of hydrogen-bond acceptors (Lipinski definition) is 7. The molecule has 1 aromatic carbocycles. The lowest BCUT2D eigenvalue weighted by molar-refractivity contribution is -0.122. The van der Waals surface area contributed by atoms with Crippen LogP contribution in [0.3, 0.4) is 0 Å². The maximum Gasteiger partial charge on any atom is 0.262 e. The summed E-state index contributed by atoms with van der Waals surface area (Å²) in [5, 5.41) is 9.92. The number of ether oxygens (including phenoxy) is 2. The Labute approximate surface area is 204 Å². The fourth-order valence-electron chi connectivity index (χ4n) is 3.87. The third-order valence-electron chi connectivity index (χ3n) is 5.55. The van der Waals surface area contributed by atoms with E-state index in [1.165, 1.54) is 18.4 Å². The van der Waals surface area contributed by atoms with E-state index in [1.807, 2.05) is 30.0 Å². The average Bonchev–Trinajstić information content (AvgIpc) is 3.45. The van der Waals surface area contributed by atoms with Gasteiger partial charge < -0.3 is 29.8 Å². The second-order valence-electron chi connectivity index (χ2n) is 7.79. The van der Waals surface area contributed by atoms with Gasteiger partial charge in [0.15, 0.2) is 5.84 Å². The molecule has 176 valence electrons. The summed E-state index contributed by atoms with van der Waals surface area (Å²) >= 11 is 4.68. The first-order chi connectivity index (χ1) is 15.9. The fourth-order valence-corrected chi connectivity index (χ4v) is 5.15. The van der Waals surface area contributed by atoms with E-state index in [9.17, 15) is 9.59 Å². The van der Waals surface area contributed by atoms with Gasteiger partial charge in [-0.1, -0.05) is 5.16 Å². The Kier molecular flexibility index (Phi) is 7.32. The lowest BCUT2D eigenvalue weighted by atomic mass is 9.96. The first kappa shape index (κ1) is 23.7. The van der Waals surface area contributed by atoms with Crippen molar-refractivity contribution in [3.05, 3.63) is 44.6 Å². The minimum atomic E-state index is -1.12. The molecular weight excluding hydrogens is 512 g/mol. The second-order valence-corrected chi connectivity index (χ2v) is 10.3. The van der Waals surface area contributed by atoms with Gasteiger partial charge in [0, 0.05) is 30.9 Å². The molecule has 2 aliphatic rings. The lowest BCUT2D eigenvalue weighted by Crippen LogP contribution is -2.57. The van der Waals surface area contributed by atoms with Gasteiger partial charge in [-0.3, -0.25) is 9.59 Å². The van der Waals surface area contributed by atoms with Crippen LogP contribution in [0.4, 0.5) is 11.4 Å². The molecule has 0 saturated carbocycles. The summed E-state index contributed by atoms with van der Waals surface area (Å²) in [5.74, 6) is 0.0907. The summed E-state index contributed by atoms with van der Waals surface area (Å²) in [5.41, 5.74) is 1.44. The molecule has 0 bridgehead atoms. The highest BCUT2D eigenvalue weighted by Gasteiger charge is 2.44. The first-order valence-electron chi connectivity index (χ1n) is 10.4. The molecule has 11 heteroatoms. The number of morpholine rings is 1. The summed E-state index contributed by atoms with van der Waals surface area (Å²) in [6.45, 7) is 4.10. The van der Waals surface area contributed by atoms with Crippen molar-refractivity contribution in [2.75, 3.05) is 50.3 Å². The van der Waals surface area contributed by atoms with Crippen molar-refractivity contribution in [3.63, 3.8) is 0 Å². The summed E-state index contributed by atoms with van der Waals surface area (Å²) in [6.07, 6.45) is 0.402. The maximum atomic E-state index is 13.3. The van der Waals surface area contributed by atoms with Gasteiger partial charge in [-0.05, 0) is 58.7 Å². The number of nitrogens with one attached hydrogen (secondary N) is 2. The molecule has 9 nitrogen and oxygen atoms in total. The quantitative estimate of drug-likeness (QED) is 0.550. The van der Waals surface area contributed by atoms with Crippen molar-refractivity contribution < 1.29 is 23.9 Å². The van der Waals surface area contributed by atoms with Crippen molar-refractivity contribution in [1.29, 1.82) is 0 Å². The normalized spacial score (nSPS) is 21.8. The van der Waals surface area contributed by atoms with E-state index < -0.39 is 5.54 Å². The van der Waals surface area contributed by atoms with E-state index in [1.54, 1.807) is 12.1 Å². The molecule has 0 radical (unpaired) electrons. The fraction of sp³-hybridized carbons (Fsp3) is 0.409. The van der Waals surface area contributed by atoms with E-state index in [-0.39, 0.29) is 18.4 Å². The number of carbonyl (C=O) groups is 2. The van der Waals surface area contributed by atoms with Gasteiger partial charge in [-0.25, -0.2) is 0 Å². The zero-order chi connectivity index (χ0) is 23.4. The molecule has 33 heavy (non-hydrogen) atoms. The van der Waals surface area contributed by atoms with Gasteiger partial charge in [0.25, 0.3) is 11.8 Å². The van der Waals surface area contributed by atoms with Crippen molar-refractivity contribution in [3.8, 4) is 0 Å². The number of benzene rings is 1. The highest BCUT2D eigenvalue weighted by Crippen LogP contribution is 2.28. The topological polar surface area (TPSA) is 101 Å². The molecule has 2 aromatic rings. The summed E-state index contributed by atoms with van der Waals surface area (Å²) in [4.78, 5) is 33.5. The monoisotopic (exact) mass is 536 g/mol. The van der Waals surface area contributed by atoms with Crippen LogP contribution in [0.5, 0.6) is 0 Å². The molecule has 1 unspecified atom stereocenters. The van der Waals surface area contributed by atoms with Crippen molar-refractivity contribution >= 4 is 56.3 Å². The Hall–Kier alpha value is -2.47. The lowest BCUT2D eigenvalue weighted by Gasteiger charge is -2.31. The number of nitrogens with zero attached hydrogens (tertiary/aromatic N) is 2. The highest BCUT2D eigenvalue weighted by molar-refractivity contribution is 9.11. The number of hydrogen-bond donors (Lipinski definition) is 2. The molecule has 2 amide bonds. The number of rotatable bonds is 6. The molecule has 2 saturated heterocycles. The van der Waals surface area contributed by atoms with E-state index >= 15 is 0 Å². The van der Waals surface area contributed by atoms with Gasteiger partial charge in [-0.15, -0.1) is 11.3 Å². The Balaban J connectivity index is 1.50. The largest absolute Gasteiger partial charge is 0.398 e. The van der Waals surface area contributed by atoms with Crippen LogP contribution in [0.1, 0.15) is 21.7 Å². The second kappa shape index (κ2) is 10.2. The average molecular weight is 537 g/mol.